The van der Waals surface area contributed by atoms with Gasteiger partial charge in [0, 0.05) is 25.7 Å². The summed E-state index contributed by atoms with van der Waals surface area (Å²) in [5.74, 6) is 0. The minimum absolute atomic E-state index is 0.782. The molecule has 0 aromatic carbocycles. The second-order valence-electron chi connectivity index (χ2n) is 5.65. The second-order valence-corrected chi connectivity index (χ2v) is 5.65. The standard InChI is InChI=1S/C15H33N3/c1-4-9-16-10-7-6-8-11-18-13-12-17(3)15(5-2)14-18/h15-16H,4-14H2,1-3H3. The van der Waals surface area contributed by atoms with Gasteiger partial charge < -0.3 is 15.1 Å². The van der Waals surface area contributed by atoms with Crippen LogP contribution in [0.5, 0.6) is 0 Å². The van der Waals surface area contributed by atoms with Gasteiger partial charge in [-0.05, 0) is 52.4 Å². The minimum Gasteiger partial charge on any atom is -0.317 e. The Labute approximate surface area is 114 Å². The summed E-state index contributed by atoms with van der Waals surface area (Å²) in [6.07, 6.45) is 6.62. The molecule has 0 aromatic rings. The molecule has 0 saturated carbocycles. The third-order valence-corrected chi connectivity index (χ3v) is 4.09. The van der Waals surface area contributed by atoms with Gasteiger partial charge in [-0.2, -0.15) is 0 Å². The number of unbranched alkanes of at least 4 members (excludes halogenated alkanes) is 2. The maximum absolute atomic E-state index is 3.48. The summed E-state index contributed by atoms with van der Waals surface area (Å²) >= 11 is 0. The van der Waals surface area contributed by atoms with E-state index < -0.39 is 0 Å². The Morgan fingerprint density at radius 2 is 1.89 bits per heavy atom. The fourth-order valence-electron chi connectivity index (χ4n) is 2.72. The topological polar surface area (TPSA) is 18.5 Å². The molecule has 1 unspecified atom stereocenters. The number of piperazine rings is 1. The van der Waals surface area contributed by atoms with Gasteiger partial charge in [0.15, 0.2) is 0 Å². The van der Waals surface area contributed by atoms with Crippen LogP contribution in [0.25, 0.3) is 0 Å². The van der Waals surface area contributed by atoms with E-state index >= 15 is 0 Å². The van der Waals surface area contributed by atoms with Crippen LogP contribution in [0.2, 0.25) is 0 Å². The Morgan fingerprint density at radius 1 is 1.06 bits per heavy atom. The van der Waals surface area contributed by atoms with E-state index in [2.05, 4.69) is 36.0 Å². The normalized spacial score (nSPS) is 22.5. The fourth-order valence-corrected chi connectivity index (χ4v) is 2.72. The summed E-state index contributed by atoms with van der Waals surface area (Å²) in [5.41, 5.74) is 0. The lowest BCUT2D eigenvalue weighted by atomic mass is 10.1. The van der Waals surface area contributed by atoms with Crippen molar-refractivity contribution in [1.82, 2.24) is 15.1 Å². The van der Waals surface area contributed by atoms with Crippen molar-refractivity contribution in [2.45, 2.75) is 52.0 Å². The van der Waals surface area contributed by atoms with Crippen molar-refractivity contribution in [2.24, 2.45) is 0 Å². The predicted molar refractivity (Wildman–Crippen MR) is 80.2 cm³/mol. The lowest BCUT2D eigenvalue weighted by molar-refractivity contribution is 0.0920. The summed E-state index contributed by atoms with van der Waals surface area (Å²) in [6, 6.07) is 0.782. The van der Waals surface area contributed by atoms with Crippen LogP contribution in [0.1, 0.15) is 46.0 Å². The Kier molecular flexibility index (Phi) is 8.64. The fraction of sp³-hybridized carbons (Fsp3) is 1.00. The summed E-state index contributed by atoms with van der Waals surface area (Å²) in [6.45, 7) is 12.0. The van der Waals surface area contributed by atoms with Crippen molar-refractivity contribution in [3.63, 3.8) is 0 Å². The molecule has 0 spiro atoms. The summed E-state index contributed by atoms with van der Waals surface area (Å²) in [7, 11) is 2.27. The van der Waals surface area contributed by atoms with Gasteiger partial charge >= 0.3 is 0 Å². The van der Waals surface area contributed by atoms with Gasteiger partial charge in [0.1, 0.15) is 0 Å². The van der Waals surface area contributed by atoms with Crippen LogP contribution in [0.15, 0.2) is 0 Å². The molecule has 0 bridgehead atoms. The van der Waals surface area contributed by atoms with E-state index in [9.17, 15) is 0 Å². The molecule has 108 valence electrons. The molecule has 1 aliphatic rings. The quantitative estimate of drug-likeness (QED) is 0.637. The lowest BCUT2D eigenvalue weighted by Gasteiger charge is -2.39. The van der Waals surface area contributed by atoms with E-state index in [1.54, 1.807) is 0 Å². The van der Waals surface area contributed by atoms with E-state index in [0.717, 1.165) is 6.04 Å². The average molecular weight is 255 g/mol. The average Bonchev–Trinajstić information content (AvgIpc) is 2.39. The Bertz CT molecular complexity index is 196. The van der Waals surface area contributed by atoms with Crippen molar-refractivity contribution in [3.8, 4) is 0 Å². The second kappa shape index (κ2) is 9.76. The van der Waals surface area contributed by atoms with Crippen LogP contribution in [0.4, 0.5) is 0 Å². The molecule has 1 rings (SSSR count). The molecule has 0 aromatic heterocycles. The molecule has 18 heavy (non-hydrogen) atoms. The molecule has 1 saturated heterocycles. The number of nitrogens with zero attached hydrogens (tertiary/aromatic N) is 2. The number of nitrogens with one attached hydrogen (secondary N) is 1. The van der Waals surface area contributed by atoms with Crippen LogP contribution in [-0.4, -0.2) is 62.2 Å². The molecular formula is C15H33N3. The van der Waals surface area contributed by atoms with Crippen molar-refractivity contribution in [1.29, 1.82) is 0 Å². The highest BCUT2D eigenvalue weighted by molar-refractivity contribution is 4.78. The molecule has 1 fully saturated rings. The Hall–Kier alpha value is -0.120. The smallest absolute Gasteiger partial charge is 0.0218 e. The molecule has 1 aliphatic heterocycles. The Balaban J connectivity index is 1.99. The third kappa shape index (κ3) is 6.17. The van der Waals surface area contributed by atoms with Gasteiger partial charge in [-0.25, -0.2) is 0 Å². The van der Waals surface area contributed by atoms with E-state index in [1.165, 1.54) is 71.4 Å². The van der Waals surface area contributed by atoms with Gasteiger partial charge in [0.05, 0.1) is 0 Å². The number of hydrogen-bond donors (Lipinski definition) is 1. The van der Waals surface area contributed by atoms with Gasteiger partial charge in [-0.3, -0.25) is 0 Å². The first kappa shape index (κ1) is 15.9. The molecule has 0 amide bonds. The Morgan fingerprint density at radius 3 is 2.61 bits per heavy atom. The first-order chi connectivity index (χ1) is 8.77. The van der Waals surface area contributed by atoms with Crippen LogP contribution in [0, 0.1) is 0 Å². The van der Waals surface area contributed by atoms with Crippen molar-refractivity contribution in [3.05, 3.63) is 0 Å². The first-order valence-corrected chi connectivity index (χ1v) is 7.91. The number of rotatable bonds is 9. The van der Waals surface area contributed by atoms with Gasteiger partial charge in [-0.1, -0.05) is 20.3 Å². The largest absolute Gasteiger partial charge is 0.317 e. The van der Waals surface area contributed by atoms with Gasteiger partial charge in [0.25, 0.3) is 0 Å². The molecule has 3 nitrogen and oxygen atoms in total. The zero-order valence-electron chi connectivity index (χ0n) is 12.7. The molecule has 1 heterocycles. The van der Waals surface area contributed by atoms with E-state index in [0.29, 0.717) is 0 Å². The van der Waals surface area contributed by atoms with Gasteiger partial charge in [-0.15, -0.1) is 0 Å². The van der Waals surface area contributed by atoms with E-state index in [1.807, 2.05) is 0 Å². The van der Waals surface area contributed by atoms with Crippen LogP contribution in [0.3, 0.4) is 0 Å². The first-order valence-electron chi connectivity index (χ1n) is 7.91. The number of likely N-dealkylation sites (N-methyl/N-ethyl adjacent to an activating group) is 1. The third-order valence-electron chi connectivity index (χ3n) is 4.09. The highest BCUT2D eigenvalue weighted by atomic mass is 15.3. The monoisotopic (exact) mass is 255 g/mol. The van der Waals surface area contributed by atoms with Gasteiger partial charge in [0.2, 0.25) is 0 Å². The minimum atomic E-state index is 0.782. The molecule has 1 atom stereocenters. The zero-order valence-corrected chi connectivity index (χ0v) is 12.7. The zero-order chi connectivity index (χ0) is 13.2. The highest BCUT2D eigenvalue weighted by Crippen LogP contribution is 2.11. The molecule has 0 radical (unpaired) electrons. The molecule has 1 N–H and O–H groups in total. The summed E-state index contributed by atoms with van der Waals surface area (Å²) in [5, 5.41) is 3.48. The highest BCUT2D eigenvalue weighted by Gasteiger charge is 2.21. The summed E-state index contributed by atoms with van der Waals surface area (Å²) < 4.78 is 0. The van der Waals surface area contributed by atoms with Crippen molar-refractivity contribution in [2.75, 3.05) is 46.3 Å². The molecular weight excluding hydrogens is 222 g/mol. The maximum atomic E-state index is 3.48. The number of hydrogen-bond acceptors (Lipinski definition) is 3. The predicted octanol–water partition coefficient (Wildman–Crippen LogP) is 2.18. The molecule has 0 aliphatic carbocycles. The summed E-state index contributed by atoms with van der Waals surface area (Å²) in [4.78, 5) is 5.18. The van der Waals surface area contributed by atoms with E-state index in [-0.39, 0.29) is 0 Å². The maximum Gasteiger partial charge on any atom is 0.0218 e. The van der Waals surface area contributed by atoms with Crippen molar-refractivity contribution >= 4 is 0 Å². The molecule has 3 heteroatoms. The van der Waals surface area contributed by atoms with E-state index in [4.69, 9.17) is 0 Å². The van der Waals surface area contributed by atoms with Crippen LogP contribution in [-0.2, 0) is 0 Å². The lowest BCUT2D eigenvalue weighted by Crippen LogP contribution is -2.51. The van der Waals surface area contributed by atoms with Crippen LogP contribution >= 0.6 is 0 Å². The van der Waals surface area contributed by atoms with Crippen molar-refractivity contribution < 1.29 is 0 Å². The van der Waals surface area contributed by atoms with Crippen LogP contribution < -0.4 is 5.32 Å². The SMILES string of the molecule is CCCNCCCCCN1CCN(C)C(CC)C1.